The molecule has 0 aliphatic rings. The summed E-state index contributed by atoms with van der Waals surface area (Å²) in [6, 6.07) is 30.9. The Morgan fingerprint density at radius 2 is 1.14 bits per heavy atom. The fraction of sp³-hybridized carbons (Fsp3) is 0.365. The highest BCUT2D eigenvalue weighted by Crippen LogP contribution is 2.21. The van der Waals surface area contributed by atoms with Crippen molar-refractivity contribution in [3.8, 4) is 0 Å². The maximum Gasteiger partial charge on any atom is 0.354 e. The van der Waals surface area contributed by atoms with Gasteiger partial charge in [-0.2, -0.15) is 8.61 Å². The predicted octanol–water partition coefficient (Wildman–Crippen LogP) is 4.86. The van der Waals surface area contributed by atoms with Gasteiger partial charge in [-0.25, -0.2) is 36.1 Å². The quantitative estimate of drug-likeness (QED) is 0.0378. The second-order valence-corrected chi connectivity index (χ2v) is 22.6. The van der Waals surface area contributed by atoms with Gasteiger partial charge in [-0.05, 0) is 99.5 Å². The molecule has 0 saturated carbocycles. The zero-order chi connectivity index (χ0) is 54.2. The number of rotatable bonds is 23. The van der Waals surface area contributed by atoms with E-state index >= 15 is 0 Å². The summed E-state index contributed by atoms with van der Waals surface area (Å²) < 4.78 is 68.8. The number of aromatic carboxylic acids is 1. The Morgan fingerprint density at radius 3 is 1.63 bits per heavy atom. The average Bonchev–Trinajstić information content (AvgIpc) is 3.34. The van der Waals surface area contributed by atoms with Gasteiger partial charge in [0.1, 0.15) is 17.2 Å². The summed E-state index contributed by atoms with van der Waals surface area (Å²) in [5.74, 6) is -4.04. The first kappa shape index (κ1) is 59.1. The highest BCUT2D eigenvalue weighted by Gasteiger charge is 2.35. The van der Waals surface area contributed by atoms with Crippen LogP contribution in [0.5, 0.6) is 0 Å². The van der Waals surface area contributed by atoms with Crippen molar-refractivity contribution in [2.24, 2.45) is 5.92 Å². The van der Waals surface area contributed by atoms with Crippen LogP contribution >= 0.6 is 0 Å². The van der Waals surface area contributed by atoms with Crippen molar-refractivity contribution in [2.45, 2.75) is 88.8 Å². The highest BCUT2D eigenvalue weighted by atomic mass is 32.2. The Hall–Kier alpha value is -6.46. The minimum absolute atomic E-state index is 0.00420. The van der Waals surface area contributed by atoms with Crippen LogP contribution in [0.25, 0.3) is 0 Å². The molecule has 21 heteroatoms. The summed E-state index contributed by atoms with van der Waals surface area (Å²) in [4.78, 5) is 53.2. The van der Waals surface area contributed by atoms with E-state index in [1.165, 1.54) is 61.5 Å². The zero-order valence-electron chi connectivity index (χ0n) is 41.8. The molecule has 0 fully saturated rings. The number of carbonyl (C=O) groups is 4. The second-order valence-electron chi connectivity index (χ2n) is 18.1. The first-order chi connectivity index (χ1) is 34.3. The number of aliphatic hydroxyl groups excluding tert-OH is 2. The van der Waals surface area contributed by atoms with Crippen molar-refractivity contribution >= 4 is 43.7 Å². The SMILES string of the molecule is CC(C)S(=O)(=O)N(CC(=O)N(C)O)C[C@@H](O)[C@H](Cc1ccccc1)NC(=O)c1cccc(C(=O)O)n1.Cc1ccc(S(=O)(=O)N(CC(C)C)C[C@@H](O)[C@H](Cc2ccccc2)NC(=O)c2cccc(F)c2C)cc1. The molecule has 5 aromatic rings. The molecule has 0 aliphatic carbocycles. The second kappa shape index (κ2) is 27.0. The molecule has 0 radical (unpaired) electrons. The number of carboxylic acids is 1. The molecule has 4 aromatic carbocycles. The third kappa shape index (κ3) is 17.3. The number of aromatic nitrogens is 1. The molecular weight excluding hydrogens is 984 g/mol. The number of hydroxylamine groups is 2. The maximum atomic E-state index is 14.1. The Labute approximate surface area is 426 Å². The number of carboxylic acid groups (broad SMARTS) is 1. The van der Waals surface area contributed by atoms with Gasteiger partial charge in [-0.1, -0.05) is 104 Å². The van der Waals surface area contributed by atoms with Gasteiger partial charge in [0.05, 0.1) is 41.0 Å². The molecule has 4 atom stereocenters. The largest absolute Gasteiger partial charge is 0.477 e. The summed E-state index contributed by atoms with van der Waals surface area (Å²) >= 11 is 0. The smallest absolute Gasteiger partial charge is 0.354 e. The molecule has 1 heterocycles. The lowest BCUT2D eigenvalue weighted by atomic mass is 9.99. The molecule has 3 amide bonds. The van der Waals surface area contributed by atoms with Gasteiger partial charge < -0.3 is 26.0 Å². The zero-order valence-corrected chi connectivity index (χ0v) is 43.4. The van der Waals surface area contributed by atoms with Crippen molar-refractivity contribution in [1.82, 2.24) is 29.3 Å². The molecule has 5 rings (SSSR count). The molecule has 6 N–H and O–H groups in total. The molecule has 0 bridgehead atoms. The number of pyridine rings is 1. The van der Waals surface area contributed by atoms with E-state index in [0.29, 0.717) is 0 Å². The van der Waals surface area contributed by atoms with Crippen LogP contribution in [0.3, 0.4) is 0 Å². The van der Waals surface area contributed by atoms with Crippen LogP contribution in [0.4, 0.5) is 4.39 Å². The van der Waals surface area contributed by atoms with Crippen molar-refractivity contribution in [3.63, 3.8) is 0 Å². The number of hydrogen-bond acceptors (Lipinski definition) is 12. The van der Waals surface area contributed by atoms with E-state index in [4.69, 9.17) is 5.11 Å². The van der Waals surface area contributed by atoms with Crippen molar-refractivity contribution < 1.29 is 60.9 Å². The topological polar surface area (TPSA) is 264 Å². The van der Waals surface area contributed by atoms with Gasteiger partial charge in [-0.3, -0.25) is 19.6 Å². The summed E-state index contributed by atoms with van der Waals surface area (Å²) in [6.07, 6.45) is -2.35. The molecule has 0 spiro atoms. The Bertz CT molecular complexity index is 2860. The summed E-state index contributed by atoms with van der Waals surface area (Å²) in [7, 11) is -6.89. The molecular formula is C52H65FN6O12S2. The van der Waals surface area contributed by atoms with Gasteiger partial charge in [0, 0.05) is 32.2 Å². The van der Waals surface area contributed by atoms with Crippen LogP contribution in [-0.4, -0.2) is 142 Å². The summed E-state index contributed by atoms with van der Waals surface area (Å²) in [5.41, 5.74) is 2.34. The lowest BCUT2D eigenvalue weighted by molar-refractivity contribution is -0.159. The van der Waals surface area contributed by atoms with Gasteiger partial charge in [0.2, 0.25) is 20.0 Å². The minimum Gasteiger partial charge on any atom is -0.477 e. The number of aryl methyl sites for hydroxylation is 1. The van der Waals surface area contributed by atoms with Crippen LogP contribution in [0.1, 0.15) is 81.3 Å². The Kier molecular flexibility index (Phi) is 21.9. The normalized spacial score (nSPS) is 13.4. The van der Waals surface area contributed by atoms with Gasteiger partial charge in [0.15, 0.2) is 0 Å². The van der Waals surface area contributed by atoms with E-state index in [2.05, 4.69) is 15.6 Å². The Morgan fingerprint density at radius 1 is 0.644 bits per heavy atom. The van der Waals surface area contributed by atoms with Crippen molar-refractivity contribution in [3.05, 3.63) is 166 Å². The van der Waals surface area contributed by atoms with Crippen molar-refractivity contribution in [1.29, 1.82) is 0 Å². The average molecular weight is 1050 g/mol. The first-order valence-electron chi connectivity index (χ1n) is 23.3. The van der Waals surface area contributed by atoms with E-state index in [1.807, 2.05) is 51.1 Å². The standard InChI is InChI=1S/C29H35FN2O4S.C23H30N4O8S/c1-20(2)18-32(37(35,36)24-15-13-21(3)14-16-24)19-28(33)27(17-23-9-6-5-7-10-23)31-29(34)25-11-8-12-26(30)22(25)4;1-15(2)36(34,35)27(14-21(29)26(3)33)13-20(28)19(12-16-8-5-4-6-9-16)25-22(30)17-10-7-11-18(24-17)23(31)32/h5-16,20,27-28,33H,17-19H2,1-4H3,(H,31,34);4-11,15,19-20,28,33H,12-14H2,1-3H3,(H,25,30)(H,31,32)/t27-,28+;19-,20+/m00/s1. The number of nitrogens with one attached hydrogen (secondary N) is 2. The van der Waals surface area contributed by atoms with E-state index in [9.17, 15) is 55.8 Å². The predicted molar refractivity (Wildman–Crippen MR) is 272 cm³/mol. The van der Waals surface area contributed by atoms with Crippen LogP contribution < -0.4 is 10.6 Å². The van der Waals surface area contributed by atoms with Gasteiger partial charge in [-0.15, -0.1) is 0 Å². The number of hydrogen-bond donors (Lipinski definition) is 6. The lowest BCUT2D eigenvalue weighted by Crippen LogP contribution is -2.53. The Balaban J connectivity index is 0.000000317. The number of benzene rings is 4. The molecule has 0 saturated heterocycles. The van der Waals surface area contributed by atoms with E-state index in [-0.39, 0.29) is 64.3 Å². The number of likely N-dealkylation sites (N-methyl/N-ethyl adjacent to an activating group) is 1. The summed E-state index contributed by atoms with van der Waals surface area (Å²) in [5, 5.41) is 45.7. The van der Waals surface area contributed by atoms with Crippen LogP contribution in [0.15, 0.2) is 126 Å². The molecule has 1 aromatic heterocycles. The number of amides is 3. The van der Waals surface area contributed by atoms with Crippen LogP contribution in [0, 0.1) is 25.6 Å². The number of carbonyl (C=O) groups excluding carboxylic acids is 3. The molecule has 394 valence electrons. The van der Waals surface area contributed by atoms with E-state index < -0.39 is 92.2 Å². The number of sulfonamides is 2. The number of halogens is 1. The van der Waals surface area contributed by atoms with E-state index in [0.717, 1.165) is 28.0 Å². The fourth-order valence-corrected chi connectivity index (χ4v) is 10.2. The third-order valence-corrected chi connectivity index (χ3v) is 15.5. The molecule has 18 nitrogen and oxygen atoms in total. The number of nitrogens with zero attached hydrogens (tertiary/aromatic N) is 4. The lowest BCUT2D eigenvalue weighted by Gasteiger charge is -2.31. The summed E-state index contributed by atoms with van der Waals surface area (Å²) in [6.45, 7) is 8.73. The minimum atomic E-state index is -4.04. The van der Waals surface area contributed by atoms with Crippen LogP contribution in [0.2, 0.25) is 0 Å². The maximum absolute atomic E-state index is 14.1. The van der Waals surface area contributed by atoms with E-state index in [1.54, 1.807) is 54.6 Å². The third-order valence-electron chi connectivity index (χ3n) is 11.5. The highest BCUT2D eigenvalue weighted by molar-refractivity contribution is 7.89. The van der Waals surface area contributed by atoms with Crippen LogP contribution in [-0.2, 0) is 37.7 Å². The molecule has 0 unspecified atom stereocenters. The molecule has 73 heavy (non-hydrogen) atoms. The molecule has 0 aliphatic heterocycles. The van der Waals surface area contributed by atoms with Crippen molar-refractivity contribution in [2.75, 3.05) is 33.2 Å². The monoisotopic (exact) mass is 1050 g/mol. The van der Waals surface area contributed by atoms with Gasteiger partial charge in [0.25, 0.3) is 17.7 Å². The van der Waals surface area contributed by atoms with Gasteiger partial charge >= 0.3 is 5.97 Å². The fourth-order valence-electron chi connectivity index (χ4n) is 7.34. The number of aliphatic hydroxyl groups is 2. The first-order valence-corrected chi connectivity index (χ1v) is 26.3.